The van der Waals surface area contributed by atoms with Crippen LogP contribution in [0, 0.1) is 11.6 Å². The van der Waals surface area contributed by atoms with Gasteiger partial charge in [0, 0.05) is 17.1 Å². The number of benzene rings is 1. The highest BCUT2D eigenvalue weighted by Crippen LogP contribution is 2.32. The fraction of sp³-hybridized carbons (Fsp3) is 0.250. The maximum atomic E-state index is 14.0. The summed E-state index contributed by atoms with van der Waals surface area (Å²) >= 11 is 6.41. The Kier molecular flexibility index (Phi) is 4.37. The van der Waals surface area contributed by atoms with Gasteiger partial charge in [0.1, 0.15) is 11.6 Å². The van der Waals surface area contributed by atoms with Crippen molar-refractivity contribution in [3.8, 4) is 0 Å². The Balaban J connectivity index is 2.61. The van der Waals surface area contributed by atoms with Crippen molar-refractivity contribution >= 4 is 31.9 Å². The van der Waals surface area contributed by atoms with Crippen molar-refractivity contribution in [3.05, 3.63) is 50.2 Å². The molecule has 3 nitrogen and oxygen atoms in total. The van der Waals surface area contributed by atoms with Crippen LogP contribution in [0.1, 0.15) is 17.3 Å². The van der Waals surface area contributed by atoms with E-state index in [1.165, 1.54) is 12.1 Å². The summed E-state index contributed by atoms with van der Waals surface area (Å²) in [4.78, 5) is 0. The fourth-order valence-electron chi connectivity index (χ4n) is 1.99. The average Bonchev–Trinajstić information content (AvgIpc) is 2.64. The van der Waals surface area contributed by atoms with Crippen molar-refractivity contribution in [3.63, 3.8) is 0 Å². The maximum Gasteiger partial charge on any atom is 0.132 e. The molecule has 0 saturated heterocycles. The van der Waals surface area contributed by atoms with Gasteiger partial charge < -0.3 is 5.32 Å². The zero-order chi connectivity index (χ0) is 14.2. The molecule has 1 heterocycles. The van der Waals surface area contributed by atoms with E-state index in [9.17, 15) is 8.78 Å². The number of aromatic nitrogens is 2. The fourth-order valence-corrected chi connectivity index (χ4v) is 2.97. The molecule has 0 saturated carbocycles. The SMILES string of the molecule is CNC(c1c(F)cc(Br)cc1F)c1c(Br)cnn1C. The van der Waals surface area contributed by atoms with E-state index in [1.54, 1.807) is 25.0 Å². The highest BCUT2D eigenvalue weighted by molar-refractivity contribution is 9.10. The summed E-state index contributed by atoms with van der Waals surface area (Å²) in [6.45, 7) is 0. The lowest BCUT2D eigenvalue weighted by Gasteiger charge is -2.19. The first-order valence-electron chi connectivity index (χ1n) is 5.44. The molecule has 0 bridgehead atoms. The van der Waals surface area contributed by atoms with Gasteiger partial charge in [-0.1, -0.05) is 15.9 Å². The number of aryl methyl sites for hydroxylation is 1. The molecule has 0 fully saturated rings. The van der Waals surface area contributed by atoms with E-state index in [-0.39, 0.29) is 5.56 Å². The first-order chi connectivity index (χ1) is 8.95. The standard InChI is InChI=1S/C12H11Br2F2N3/c1-17-11(12-7(14)5-18-19(12)2)10-8(15)3-6(13)4-9(10)16/h3-5,11,17H,1-2H3. The van der Waals surface area contributed by atoms with Crippen LogP contribution in [-0.2, 0) is 7.05 Å². The quantitative estimate of drug-likeness (QED) is 0.862. The van der Waals surface area contributed by atoms with Crippen LogP contribution in [0.2, 0.25) is 0 Å². The molecule has 0 aliphatic rings. The van der Waals surface area contributed by atoms with Crippen molar-refractivity contribution in [1.29, 1.82) is 0 Å². The molecule has 0 spiro atoms. The van der Waals surface area contributed by atoms with Crippen molar-refractivity contribution in [2.24, 2.45) is 7.05 Å². The zero-order valence-corrected chi connectivity index (χ0v) is 13.4. The first-order valence-corrected chi connectivity index (χ1v) is 7.03. The Morgan fingerprint density at radius 3 is 2.26 bits per heavy atom. The zero-order valence-electron chi connectivity index (χ0n) is 10.2. The molecule has 0 aliphatic heterocycles. The minimum atomic E-state index is -0.630. The molecule has 0 radical (unpaired) electrons. The predicted molar refractivity (Wildman–Crippen MR) is 75.9 cm³/mol. The molecule has 2 aromatic rings. The van der Waals surface area contributed by atoms with Crippen LogP contribution in [0.25, 0.3) is 0 Å². The molecule has 19 heavy (non-hydrogen) atoms. The van der Waals surface area contributed by atoms with Crippen molar-refractivity contribution in [2.75, 3.05) is 7.05 Å². The number of rotatable bonds is 3. The van der Waals surface area contributed by atoms with Gasteiger partial charge in [-0.3, -0.25) is 4.68 Å². The molecule has 1 aromatic heterocycles. The van der Waals surface area contributed by atoms with Gasteiger partial charge in [-0.05, 0) is 35.1 Å². The van der Waals surface area contributed by atoms with Crippen LogP contribution in [0.4, 0.5) is 8.78 Å². The van der Waals surface area contributed by atoms with Gasteiger partial charge in [0.05, 0.1) is 22.4 Å². The minimum absolute atomic E-state index is 0.0324. The normalized spacial score (nSPS) is 12.7. The van der Waals surface area contributed by atoms with Gasteiger partial charge in [-0.15, -0.1) is 0 Å². The molecular formula is C12H11Br2F2N3. The third kappa shape index (κ3) is 2.73. The second-order valence-corrected chi connectivity index (χ2v) is 5.78. The van der Waals surface area contributed by atoms with Crippen LogP contribution in [0.15, 0.2) is 27.3 Å². The van der Waals surface area contributed by atoms with Gasteiger partial charge in [-0.25, -0.2) is 8.78 Å². The molecule has 7 heteroatoms. The highest BCUT2D eigenvalue weighted by atomic mass is 79.9. The Bertz CT molecular complexity index is 571. The van der Waals surface area contributed by atoms with Crippen LogP contribution < -0.4 is 5.32 Å². The maximum absolute atomic E-state index is 14.0. The molecule has 1 aromatic carbocycles. The molecule has 0 aliphatic carbocycles. The third-order valence-corrected chi connectivity index (χ3v) is 3.90. The number of halogens is 4. The molecule has 1 unspecified atom stereocenters. The predicted octanol–water partition coefficient (Wildman–Crippen LogP) is 3.53. The first kappa shape index (κ1) is 14.6. The summed E-state index contributed by atoms with van der Waals surface area (Å²) in [5.41, 5.74) is 0.623. The number of nitrogens with one attached hydrogen (secondary N) is 1. The Morgan fingerprint density at radius 2 is 1.84 bits per heavy atom. The monoisotopic (exact) mass is 393 g/mol. The lowest BCUT2D eigenvalue weighted by molar-refractivity contribution is 0.504. The Hall–Kier alpha value is -0.790. The van der Waals surface area contributed by atoms with E-state index in [2.05, 4.69) is 42.3 Å². The van der Waals surface area contributed by atoms with Crippen LogP contribution in [-0.4, -0.2) is 16.8 Å². The van der Waals surface area contributed by atoms with E-state index in [0.717, 1.165) is 0 Å². The summed E-state index contributed by atoms with van der Waals surface area (Å²) < 4.78 is 30.7. The molecular weight excluding hydrogens is 384 g/mol. The lowest BCUT2D eigenvalue weighted by Crippen LogP contribution is -2.23. The van der Waals surface area contributed by atoms with Gasteiger partial charge >= 0.3 is 0 Å². The van der Waals surface area contributed by atoms with Gasteiger partial charge in [-0.2, -0.15) is 5.10 Å². The smallest absolute Gasteiger partial charge is 0.132 e. The summed E-state index contributed by atoms with van der Waals surface area (Å²) in [5, 5.41) is 6.98. The minimum Gasteiger partial charge on any atom is -0.308 e. The topological polar surface area (TPSA) is 29.9 Å². The summed E-state index contributed by atoms with van der Waals surface area (Å²) in [5.74, 6) is -1.22. The molecule has 102 valence electrons. The third-order valence-electron chi connectivity index (χ3n) is 2.83. The van der Waals surface area contributed by atoms with Gasteiger partial charge in [0.15, 0.2) is 0 Å². The highest BCUT2D eigenvalue weighted by Gasteiger charge is 2.25. The second-order valence-electron chi connectivity index (χ2n) is 4.01. The van der Waals surface area contributed by atoms with E-state index < -0.39 is 17.7 Å². The Morgan fingerprint density at radius 1 is 1.26 bits per heavy atom. The van der Waals surface area contributed by atoms with Crippen molar-refractivity contribution in [2.45, 2.75) is 6.04 Å². The largest absolute Gasteiger partial charge is 0.308 e. The van der Waals surface area contributed by atoms with Crippen LogP contribution in [0.3, 0.4) is 0 Å². The number of hydrogen-bond acceptors (Lipinski definition) is 2. The molecule has 0 amide bonds. The summed E-state index contributed by atoms with van der Waals surface area (Å²) in [6, 6.07) is 1.86. The average molecular weight is 395 g/mol. The summed E-state index contributed by atoms with van der Waals surface area (Å²) in [6.07, 6.45) is 1.59. The van der Waals surface area contributed by atoms with Gasteiger partial charge in [0.2, 0.25) is 0 Å². The molecule has 1 atom stereocenters. The van der Waals surface area contributed by atoms with Crippen LogP contribution in [0.5, 0.6) is 0 Å². The molecule has 2 rings (SSSR count). The number of hydrogen-bond donors (Lipinski definition) is 1. The summed E-state index contributed by atoms with van der Waals surface area (Å²) in [7, 11) is 3.37. The van der Waals surface area contributed by atoms with Crippen molar-refractivity contribution in [1.82, 2.24) is 15.1 Å². The van der Waals surface area contributed by atoms with E-state index >= 15 is 0 Å². The van der Waals surface area contributed by atoms with Crippen molar-refractivity contribution < 1.29 is 8.78 Å². The lowest BCUT2D eigenvalue weighted by atomic mass is 10.0. The Labute approximate surface area is 126 Å². The van der Waals surface area contributed by atoms with Crippen LogP contribution >= 0.6 is 31.9 Å². The second kappa shape index (κ2) is 5.68. The van der Waals surface area contributed by atoms with E-state index in [1.807, 2.05) is 0 Å². The molecule has 1 N–H and O–H groups in total. The van der Waals surface area contributed by atoms with Gasteiger partial charge in [0.25, 0.3) is 0 Å². The number of nitrogens with zero attached hydrogens (tertiary/aromatic N) is 2. The van der Waals surface area contributed by atoms with E-state index in [0.29, 0.717) is 14.6 Å². The van der Waals surface area contributed by atoms with E-state index in [4.69, 9.17) is 0 Å².